The molecule has 0 aliphatic carbocycles. The number of rotatable bonds is 3. The van der Waals surface area contributed by atoms with E-state index in [1.807, 2.05) is 4.90 Å². The van der Waals surface area contributed by atoms with Crippen LogP contribution in [0.5, 0.6) is 0 Å². The fraction of sp³-hybridized carbons (Fsp3) is 0.500. The van der Waals surface area contributed by atoms with Gasteiger partial charge in [0.15, 0.2) is 0 Å². The van der Waals surface area contributed by atoms with Crippen LogP contribution in [-0.4, -0.2) is 62.4 Å². The van der Waals surface area contributed by atoms with Gasteiger partial charge < -0.3 is 4.74 Å². The van der Waals surface area contributed by atoms with Crippen molar-refractivity contribution in [1.29, 1.82) is 0 Å². The number of ether oxygens (including phenoxy) is 1. The summed E-state index contributed by atoms with van der Waals surface area (Å²) < 4.78 is 32.4. The van der Waals surface area contributed by atoms with Gasteiger partial charge in [0, 0.05) is 37.1 Å². The monoisotopic (exact) mass is 388 g/mol. The number of cyclic esters (lactones) is 1. The number of nitrogens with zero attached hydrogens (tertiary/aromatic N) is 2. The largest absolute Gasteiger partial charge is 0.464 e. The van der Waals surface area contributed by atoms with Crippen molar-refractivity contribution >= 4 is 31.9 Å². The van der Waals surface area contributed by atoms with E-state index >= 15 is 0 Å². The molecule has 0 amide bonds. The molecule has 0 spiro atoms. The lowest BCUT2D eigenvalue weighted by atomic mass is 10.2. The lowest BCUT2D eigenvalue weighted by Crippen LogP contribution is -2.53. The van der Waals surface area contributed by atoms with Gasteiger partial charge in [-0.3, -0.25) is 9.69 Å². The van der Waals surface area contributed by atoms with Crippen molar-refractivity contribution in [1.82, 2.24) is 9.21 Å². The third-order valence-electron chi connectivity index (χ3n) is 4.08. The molecule has 2 heterocycles. The zero-order valence-corrected chi connectivity index (χ0v) is 14.3. The van der Waals surface area contributed by atoms with Crippen LogP contribution >= 0.6 is 15.9 Å². The molecule has 2 aliphatic rings. The summed E-state index contributed by atoms with van der Waals surface area (Å²) in [5, 5.41) is 0. The van der Waals surface area contributed by atoms with Crippen LogP contribution in [0.2, 0.25) is 0 Å². The van der Waals surface area contributed by atoms with Crippen LogP contribution in [0.4, 0.5) is 0 Å². The topological polar surface area (TPSA) is 66.9 Å². The van der Waals surface area contributed by atoms with Gasteiger partial charge in [0.2, 0.25) is 10.0 Å². The van der Waals surface area contributed by atoms with E-state index < -0.39 is 10.0 Å². The molecule has 0 radical (unpaired) electrons. The summed E-state index contributed by atoms with van der Waals surface area (Å²) in [5.41, 5.74) is 0. The zero-order valence-electron chi connectivity index (χ0n) is 11.9. The van der Waals surface area contributed by atoms with Crippen LogP contribution in [0.15, 0.2) is 33.6 Å². The molecule has 1 atom stereocenters. The second-order valence-corrected chi connectivity index (χ2v) is 8.10. The van der Waals surface area contributed by atoms with Crippen LogP contribution in [0.25, 0.3) is 0 Å². The molecular weight excluding hydrogens is 372 g/mol. The Bertz CT molecular complexity index is 671. The summed E-state index contributed by atoms with van der Waals surface area (Å²) in [4.78, 5) is 13.9. The Morgan fingerprint density at radius 1 is 1.14 bits per heavy atom. The molecule has 2 aliphatic heterocycles. The molecule has 2 fully saturated rings. The highest BCUT2D eigenvalue weighted by Gasteiger charge is 2.37. The molecule has 1 unspecified atom stereocenters. The summed E-state index contributed by atoms with van der Waals surface area (Å²) in [7, 11) is -3.51. The Labute approximate surface area is 138 Å². The molecular formula is C14H17BrN2O4S. The third kappa shape index (κ3) is 2.92. The Hall–Kier alpha value is -0.960. The number of carbonyl (C=O) groups is 1. The van der Waals surface area contributed by atoms with Crippen LogP contribution in [0, 0.1) is 0 Å². The van der Waals surface area contributed by atoms with E-state index in [-0.39, 0.29) is 16.9 Å². The third-order valence-corrected chi connectivity index (χ3v) is 6.99. The van der Waals surface area contributed by atoms with E-state index in [2.05, 4.69) is 15.9 Å². The number of hydrogen-bond donors (Lipinski definition) is 0. The SMILES string of the molecule is O=C1OCCC1N1CCN(S(=O)(=O)c2ccccc2Br)CC1. The average molecular weight is 389 g/mol. The molecule has 8 heteroatoms. The first kappa shape index (κ1) is 15.9. The van der Waals surface area contributed by atoms with Gasteiger partial charge in [-0.25, -0.2) is 8.42 Å². The molecule has 0 bridgehead atoms. The molecule has 2 saturated heterocycles. The van der Waals surface area contributed by atoms with Crippen LogP contribution in [0.1, 0.15) is 6.42 Å². The molecule has 120 valence electrons. The molecule has 22 heavy (non-hydrogen) atoms. The predicted octanol–water partition coefficient (Wildman–Crippen LogP) is 1.07. The molecule has 0 aromatic heterocycles. The average Bonchev–Trinajstić information content (AvgIpc) is 2.94. The predicted molar refractivity (Wildman–Crippen MR) is 83.8 cm³/mol. The van der Waals surface area contributed by atoms with E-state index in [0.717, 1.165) is 0 Å². The van der Waals surface area contributed by atoms with Crippen molar-refractivity contribution in [2.24, 2.45) is 0 Å². The van der Waals surface area contributed by atoms with Gasteiger partial charge in [-0.15, -0.1) is 0 Å². The van der Waals surface area contributed by atoms with Crippen LogP contribution < -0.4 is 0 Å². The minimum Gasteiger partial charge on any atom is -0.464 e. The smallest absolute Gasteiger partial charge is 0.323 e. The lowest BCUT2D eigenvalue weighted by molar-refractivity contribution is -0.142. The number of carbonyl (C=O) groups excluding carboxylic acids is 1. The highest BCUT2D eigenvalue weighted by Crippen LogP contribution is 2.26. The van der Waals surface area contributed by atoms with E-state index in [4.69, 9.17) is 4.74 Å². The number of sulfonamides is 1. The van der Waals surface area contributed by atoms with E-state index in [9.17, 15) is 13.2 Å². The van der Waals surface area contributed by atoms with Crippen molar-refractivity contribution in [3.8, 4) is 0 Å². The number of piperazine rings is 1. The molecule has 1 aromatic carbocycles. The second-order valence-electron chi connectivity index (χ2n) is 5.34. The molecule has 1 aromatic rings. The Kier molecular flexibility index (Phi) is 4.54. The molecule has 6 nitrogen and oxygen atoms in total. The first-order valence-electron chi connectivity index (χ1n) is 7.15. The van der Waals surface area contributed by atoms with Gasteiger partial charge in [0.1, 0.15) is 6.04 Å². The first-order valence-corrected chi connectivity index (χ1v) is 9.39. The van der Waals surface area contributed by atoms with Gasteiger partial charge >= 0.3 is 5.97 Å². The fourth-order valence-electron chi connectivity index (χ4n) is 2.87. The van der Waals surface area contributed by atoms with Gasteiger partial charge in [-0.1, -0.05) is 12.1 Å². The second kappa shape index (κ2) is 6.27. The maximum absolute atomic E-state index is 12.7. The zero-order chi connectivity index (χ0) is 15.7. The van der Waals surface area contributed by atoms with Crippen molar-refractivity contribution in [2.75, 3.05) is 32.8 Å². The van der Waals surface area contributed by atoms with Crippen molar-refractivity contribution < 1.29 is 17.9 Å². The van der Waals surface area contributed by atoms with E-state index in [0.29, 0.717) is 43.7 Å². The van der Waals surface area contributed by atoms with Crippen molar-refractivity contribution in [3.05, 3.63) is 28.7 Å². The van der Waals surface area contributed by atoms with Crippen molar-refractivity contribution in [3.63, 3.8) is 0 Å². The van der Waals surface area contributed by atoms with E-state index in [1.54, 1.807) is 24.3 Å². The van der Waals surface area contributed by atoms with Gasteiger partial charge in [0.05, 0.1) is 11.5 Å². The van der Waals surface area contributed by atoms with Gasteiger partial charge in [-0.2, -0.15) is 4.31 Å². The molecule has 0 N–H and O–H groups in total. The Morgan fingerprint density at radius 3 is 2.41 bits per heavy atom. The number of esters is 1. The van der Waals surface area contributed by atoms with Crippen molar-refractivity contribution in [2.45, 2.75) is 17.4 Å². The quantitative estimate of drug-likeness (QED) is 0.724. The molecule has 3 rings (SSSR count). The number of benzene rings is 1. The first-order chi connectivity index (χ1) is 10.5. The highest BCUT2D eigenvalue weighted by atomic mass is 79.9. The number of hydrogen-bond acceptors (Lipinski definition) is 5. The summed E-state index contributed by atoms with van der Waals surface area (Å²) in [5.74, 6) is -0.192. The summed E-state index contributed by atoms with van der Waals surface area (Å²) >= 11 is 3.29. The van der Waals surface area contributed by atoms with E-state index in [1.165, 1.54) is 4.31 Å². The maximum atomic E-state index is 12.7. The Morgan fingerprint density at radius 2 is 1.82 bits per heavy atom. The standard InChI is InChI=1S/C14H17BrN2O4S/c15-11-3-1-2-4-13(11)22(19,20)17-8-6-16(7-9-17)12-5-10-21-14(12)18/h1-4,12H,5-10H2. The highest BCUT2D eigenvalue weighted by molar-refractivity contribution is 9.10. The minimum absolute atomic E-state index is 0.192. The Balaban J connectivity index is 1.71. The normalized spacial score (nSPS) is 24.4. The minimum atomic E-state index is -3.51. The summed E-state index contributed by atoms with van der Waals surface area (Å²) in [6.07, 6.45) is 0.690. The lowest BCUT2D eigenvalue weighted by Gasteiger charge is -2.35. The summed E-state index contributed by atoms with van der Waals surface area (Å²) in [6, 6.07) is 6.60. The molecule has 0 saturated carbocycles. The summed E-state index contributed by atoms with van der Waals surface area (Å²) in [6.45, 7) is 2.31. The van der Waals surface area contributed by atoms with Gasteiger partial charge in [-0.05, 0) is 28.1 Å². The van der Waals surface area contributed by atoms with Crippen LogP contribution in [-0.2, 0) is 19.6 Å². The van der Waals surface area contributed by atoms with Crippen LogP contribution in [0.3, 0.4) is 0 Å². The van der Waals surface area contributed by atoms with Gasteiger partial charge in [0.25, 0.3) is 0 Å². The maximum Gasteiger partial charge on any atom is 0.323 e. The fourth-order valence-corrected chi connectivity index (χ4v) is 5.25. The number of halogens is 1.